The van der Waals surface area contributed by atoms with E-state index in [1.165, 1.54) is 0 Å². The first-order valence-corrected chi connectivity index (χ1v) is 13.5. The van der Waals surface area contributed by atoms with Gasteiger partial charge in [0.25, 0.3) is 0 Å². The van der Waals surface area contributed by atoms with Crippen molar-refractivity contribution in [1.29, 1.82) is 0 Å². The maximum atomic E-state index is 12.8. The van der Waals surface area contributed by atoms with Crippen LogP contribution in [0.4, 0.5) is 0 Å². The molecule has 3 unspecified atom stereocenters. The van der Waals surface area contributed by atoms with Crippen molar-refractivity contribution in [3.8, 4) is 17.2 Å². The largest absolute Gasteiger partial charge is 0.465 e. The monoisotopic (exact) mass is 508 g/mol. The normalized spacial score (nSPS) is 24.5. The Morgan fingerprint density at radius 1 is 0.676 bits per heavy atom. The molecule has 3 heterocycles. The average Bonchev–Trinajstić information content (AvgIpc) is 2.95. The van der Waals surface area contributed by atoms with Crippen molar-refractivity contribution in [2.24, 2.45) is 0 Å². The number of ketones is 1. The van der Waals surface area contributed by atoms with E-state index in [2.05, 4.69) is 0 Å². The zero-order valence-electron chi connectivity index (χ0n) is 21.3. The van der Waals surface area contributed by atoms with Gasteiger partial charge in [-0.3, -0.25) is 4.79 Å². The van der Waals surface area contributed by atoms with Gasteiger partial charge in [-0.25, -0.2) is 0 Å². The van der Waals surface area contributed by atoms with E-state index in [1.807, 2.05) is 30.3 Å². The Hall–Kier alpha value is -2.87. The molecule has 0 saturated carbocycles. The van der Waals surface area contributed by atoms with Crippen LogP contribution in [0.25, 0.3) is 6.08 Å². The molecule has 0 bridgehead atoms. The Labute approximate surface area is 218 Å². The lowest BCUT2D eigenvalue weighted by molar-refractivity contribution is -0.119. The van der Waals surface area contributed by atoms with Crippen LogP contribution >= 0.6 is 0 Å². The maximum absolute atomic E-state index is 12.8. The van der Waals surface area contributed by atoms with Gasteiger partial charge in [-0.2, -0.15) is 0 Å². The quantitative estimate of drug-likeness (QED) is 0.291. The Morgan fingerprint density at radius 2 is 1.24 bits per heavy atom. The molecule has 2 aromatic rings. The zero-order valence-corrected chi connectivity index (χ0v) is 21.3. The summed E-state index contributed by atoms with van der Waals surface area (Å²) in [6, 6.07) is 12.9. The predicted molar refractivity (Wildman–Crippen MR) is 139 cm³/mol. The molecule has 3 atom stereocenters. The first kappa shape index (κ1) is 25.8. The summed E-state index contributed by atoms with van der Waals surface area (Å²) in [5, 5.41) is 0. The highest BCUT2D eigenvalue weighted by molar-refractivity contribution is 6.06. The van der Waals surface area contributed by atoms with Crippen LogP contribution < -0.4 is 14.2 Å². The molecule has 0 radical (unpaired) electrons. The number of benzene rings is 2. The van der Waals surface area contributed by atoms with E-state index in [4.69, 9.17) is 28.4 Å². The van der Waals surface area contributed by atoms with Gasteiger partial charge in [-0.1, -0.05) is 12.1 Å². The lowest BCUT2D eigenvalue weighted by atomic mass is 10.1. The van der Waals surface area contributed by atoms with Crippen molar-refractivity contribution >= 4 is 11.9 Å². The van der Waals surface area contributed by atoms with Crippen LogP contribution in [0.5, 0.6) is 17.2 Å². The summed E-state index contributed by atoms with van der Waals surface area (Å²) in [7, 11) is 0. The fraction of sp³-hybridized carbons (Fsp3) is 0.500. The van der Waals surface area contributed by atoms with E-state index >= 15 is 0 Å². The lowest BCUT2D eigenvalue weighted by Crippen LogP contribution is -2.27. The summed E-state index contributed by atoms with van der Waals surface area (Å²) in [6.07, 6.45) is 11.6. The van der Waals surface area contributed by atoms with E-state index in [0.29, 0.717) is 36.0 Å². The highest BCUT2D eigenvalue weighted by Gasteiger charge is 2.21. The second kappa shape index (κ2) is 13.1. The molecule has 7 nitrogen and oxygen atoms in total. The standard InChI is InChI=1S/C30H36O7/c31-25(23-12-14-24(15-13-23)35-28-7-1-4-18-32-28)16-10-22-11-17-26(36-29-8-2-5-19-33-29)27(21-22)37-30-9-3-6-20-34-30/h10-17,21,28-30H,1-9,18-20H2/b16-10+. The molecule has 3 fully saturated rings. The molecule has 0 spiro atoms. The summed E-state index contributed by atoms with van der Waals surface area (Å²) in [5.74, 6) is 1.84. The molecule has 3 saturated heterocycles. The molecule has 5 rings (SSSR count). The summed E-state index contributed by atoms with van der Waals surface area (Å²) in [4.78, 5) is 12.8. The van der Waals surface area contributed by atoms with Crippen molar-refractivity contribution in [3.05, 3.63) is 59.7 Å². The van der Waals surface area contributed by atoms with Gasteiger partial charge >= 0.3 is 0 Å². The van der Waals surface area contributed by atoms with Crippen LogP contribution in [0.3, 0.4) is 0 Å². The first-order valence-electron chi connectivity index (χ1n) is 13.5. The topological polar surface area (TPSA) is 72.5 Å². The van der Waals surface area contributed by atoms with E-state index in [9.17, 15) is 4.79 Å². The number of hydrogen-bond acceptors (Lipinski definition) is 7. The molecule has 198 valence electrons. The van der Waals surface area contributed by atoms with Crippen LogP contribution in [-0.2, 0) is 14.2 Å². The highest BCUT2D eigenvalue weighted by Crippen LogP contribution is 2.33. The Bertz CT molecular complexity index is 1030. The maximum Gasteiger partial charge on any atom is 0.200 e. The van der Waals surface area contributed by atoms with Gasteiger partial charge in [0.1, 0.15) is 5.75 Å². The minimum atomic E-state index is -0.302. The van der Waals surface area contributed by atoms with E-state index in [0.717, 1.165) is 70.0 Å². The third-order valence-electron chi connectivity index (χ3n) is 6.73. The minimum Gasteiger partial charge on any atom is -0.465 e. The summed E-state index contributed by atoms with van der Waals surface area (Å²) in [6.45, 7) is 2.13. The molecule has 0 aromatic heterocycles. The zero-order chi connectivity index (χ0) is 25.3. The number of rotatable bonds is 9. The number of allylic oxidation sites excluding steroid dienone is 1. The summed E-state index contributed by atoms with van der Waals surface area (Å²) in [5.41, 5.74) is 1.43. The highest BCUT2D eigenvalue weighted by atomic mass is 16.7. The van der Waals surface area contributed by atoms with E-state index in [-0.39, 0.29) is 24.7 Å². The molecule has 0 N–H and O–H groups in total. The second-order valence-corrected chi connectivity index (χ2v) is 9.67. The van der Waals surface area contributed by atoms with Gasteiger partial charge in [0.2, 0.25) is 0 Å². The molecule has 3 aliphatic rings. The van der Waals surface area contributed by atoms with Crippen LogP contribution in [0.2, 0.25) is 0 Å². The van der Waals surface area contributed by atoms with Gasteiger partial charge in [-0.05, 0) is 86.6 Å². The number of carbonyl (C=O) groups excluding carboxylic acids is 1. The molecule has 0 amide bonds. The van der Waals surface area contributed by atoms with E-state index in [1.54, 1.807) is 24.3 Å². The van der Waals surface area contributed by atoms with Crippen LogP contribution in [0.15, 0.2) is 48.5 Å². The van der Waals surface area contributed by atoms with Gasteiger partial charge in [0.15, 0.2) is 36.2 Å². The third kappa shape index (κ3) is 7.57. The van der Waals surface area contributed by atoms with Crippen molar-refractivity contribution in [1.82, 2.24) is 0 Å². The second-order valence-electron chi connectivity index (χ2n) is 9.67. The fourth-order valence-corrected chi connectivity index (χ4v) is 4.63. The SMILES string of the molecule is O=C(/C=C/c1ccc(OC2CCCCO2)c(OC2CCCCO2)c1)c1ccc(OC2CCCCO2)cc1. The predicted octanol–water partition coefficient (Wildman–Crippen LogP) is 6.30. The van der Waals surface area contributed by atoms with E-state index < -0.39 is 0 Å². The van der Waals surface area contributed by atoms with Crippen molar-refractivity contribution < 1.29 is 33.2 Å². The third-order valence-corrected chi connectivity index (χ3v) is 6.73. The number of hydrogen-bond donors (Lipinski definition) is 0. The van der Waals surface area contributed by atoms with Crippen LogP contribution in [-0.4, -0.2) is 44.5 Å². The average molecular weight is 509 g/mol. The smallest absolute Gasteiger partial charge is 0.200 e. The molecule has 3 aliphatic heterocycles. The van der Waals surface area contributed by atoms with Crippen molar-refractivity contribution in [2.75, 3.05) is 19.8 Å². The molecule has 37 heavy (non-hydrogen) atoms. The molecule has 2 aromatic carbocycles. The van der Waals surface area contributed by atoms with Gasteiger partial charge < -0.3 is 28.4 Å². The Balaban J connectivity index is 1.24. The number of ether oxygens (including phenoxy) is 6. The molecule has 7 heteroatoms. The Morgan fingerprint density at radius 3 is 1.81 bits per heavy atom. The molecular weight excluding hydrogens is 472 g/mol. The first-order chi connectivity index (χ1) is 18.2. The van der Waals surface area contributed by atoms with Crippen molar-refractivity contribution in [3.63, 3.8) is 0 Å². The Kier molecular flexibility index (Phi) is 9.11. The minimum absolute atomic E-state index is 0.0884. The van der Waals surface area contributed by atoms with Gasteiger partial charge in [0.05, 0.1) is 19.8 Å². The number of carbonyl (C=O) groups is 1. The molecule has 0 aliphatic carbocycles. The van der Waals surface area contributed by atoms with Gasteiger partial charge in [0, 0.05) is 24.8 Å². The summed E-state index contributed by atoms with van der Waals surface area (Å²) >= 11 is 0. The van der Waals surface area contributed by atoms with Crippen LogP contribution in [0, 0.1) is 0 Å². The summed E-state index contributed by atoms with van der Waals surface area (Å²) < 4.78 is 35.3. The van der Waals surface area contributed by atoms with Crippen LogP contribution in [0.1, 0.15) is 73.7 Å². The fourth-order valence-electron chi connectivity index (χ4n) is 4.63. The lowest BCUT2D eigenvalue weighted by Gasteiger charge is -2.27. The van der Waals surface area contributed by atoms with Crippen molar-refractivity contribution in [2.45, 2.75) is 76.7 Å². The molecular formula is C30H36O7. The van der Waals surface area contributed by atoms with Gasteiger partial charge in [-0.15, -0.1) is 0 Å².